The summed E-state index contributed by atoms with van der Waals surface area (Å²) in [6.45, 7) is 0.346. The average Bonchev–Trinajstić information content (AvgIpc) is 2.39. The number of nitrogen functional groups attached to an aromatic ring is 1. The van der Waals surface area contributed by atoms with Crippen LogP contribution in [0.1, 0.15) is 15.9 Å². The highest BCUT2D eigenvalue weighted by atomic mass is 19.1. The number of carboxylic acids is 1. The molecule has 0 aliphatic rings. The smallest absolute Gasteiger partial charge is 0.337 e. The van der Waals surface area contributed by atoms with E-state index in [4.69, 9.17) is 10.8 Å². The lowest BCUT2D eigenvalue weighted by Crippen LogP contribution is -2.09. The first-order chi connectivity index (χ1) is 9.95. The van der Waals surface area contributed by atoms with E-state index >= 15 is 0 Å². The van der Waals surface area contributed by atoms with Gasteiger partial charge in [-0.3, -0.25) is 0 Å². The van der Waals surface area contributed by atoms with Crippen molar-refractivity contribution in [1.29, 1.82) is 0 Å². The van der Waals surface area contributed by atoms with Crippen molar-refractivity contribution < 1.29 is 18.7 Å². The van der Waals surface area contributed by atoms with Gasteiger partial charge in [-0.25, -0.2) is 18.6 Å². The monoisotopic (exact) mass is 293 g/mol. The van der Waals surface area contributed by atoms with Gasteiger partial charge in [0.25, 0.3) is 0 Å². The minimum absolute atomic E-state index is 0.0516. The molecule has 1 heterocycles. The number of benzene rings is 1. The van der Waals surface area contributed by atoms with Gasteiger partial charge < -0.3 is 16.2 Å². The number of hydrogen-bond acceptors (Lipinski definition) is 4. The van der Waals surface area contributed by atoms with Crippen LogP contribution in [-0.2, 0) is 6.42 Å². The maximum Gasteiger partial charge on any atom is 0.337 e. The van der Waals surface area contributed by atoms with Crippen molar-refractivity contribution in [3.05, 3.63) is 53.2 Å². The van der Waals surface area contributed by atoms with Crippen LogP contribution in [0.2, 0.25) is 0 Å². The van der Waals surface area contributed by atoms with Gasteiger partial charge in [0.05, 0.1) is 17.4 Å². The molecule has 2 aromatic rings. The average molecular weight is 293 g/mol. The number of nitrogens with two attached hydrogens (primary N) is 1. The predicted molar refractivity (Wildman–Crippen MR) is 74.2 cm³/mol. The zero-order valence-corrected chi connectivity index (χ0v) is 10.9. The number of anilines is 2. The van der Waals surface area contributed by atoms with E-state index in [0.29, 0.717) is 24.3 Å². The van der Waals surface area contributed by atoms with Crippen LogP contribution in [0.3, 0.4) is 0 Å². The van der Waals surface area contributed by atoms with Crippen LogP contribution >= 0.6 is 0 Å². The van der Waals surface area contributed by atoms with Crippen molar-refractivity contribution in [3.8, 4) is 0 Å². The van der Waals surface area contributed by atoms with E-state index in [1.807, 2.05) is 0 Å². The number of nitrogens with one attached hydrogen (secondary N) is 1. The Hall–Kier alpha value is -2.70. The molecule has 0 saturated heterocycles. The third-order valence-electron chi connectivity index (χ3n) is 2.81. The third-order valence-corrected chi connectivity index (χ3v) is 2.81. The first-order valence-corrected chi connectivity index (χ1v) is 6.13. The summed E-state index contributed by atoms with van der Waals surface area (Å²) in [5, 5.41) is 11.8. The van der Waals surface area contributed by atoms with Crippen molar-refractivity contribution in [2.75, 3.05) is 17.6 Å². The Morgan fingerprint density at radius 1 is 1.24 bits per heavy atom. The molecule has 21 heavy (non-hydrogen) atoms. The van der Waals surface area contributed by atoms with E-state index in [2.05, 4.69) is 10.3 Å². The van der Waals surface area contributed by atoms with Crippen LogP contribution in [0.4, 0.5) is 20.3 Å². The van der Waals surface area contributed by atoms with Gasteiger partial charge in [0, 0.05) is 12.6 Å². The second-order valence-corrected chi connectivity index (χ2v) is 4.42. The summed E-state index contributed by atoms with van der Waals surface area (Å²) < 4.78 is 26.0. The molecule has 2 rings (SSSR count). The molecule has 1 aromatic heterocycles. The number of halogens is 2. The highest BCUT2D eigenvalue weighted by molar-refractivity contribution is 5.94. The van der Waals surface area contributed by atoms with Gasteiger partial charge in [0.15, 0.2) is 0 Å². The fraction of sp³-hybridized carbons (Fsp3) is 0.143. The number of aromatic carboxylic acids is 1. The molecule has 1 aromatic carbocycles. The summed E-state index contributed by atoms with van der Waals surface area (Å²) in [6.07, 6.45) is 1.61. The Bertz CT molecular complexity index is 657. The van der Waals surface area contributed by atoms with Crippen molar-refractivity contribution in [2.24, 2.45) is 0 Å². The molecule has 7 heteroatoms. The Morgan fingerprint density at radius 3 is 2.52 bits per heavy atom. The molecule has 0 fully saturated rings. The summed E-state index contributed by atoms with van der Waals surface area (Å²) in [5.41, 5.74) is 6.00. The first-order valence-electron chi connectivity index (χ1n) is 6.13. The normalized spacial score (nSPS) is 10.4. The molecule has 0 unspecified atom stereocenters. The van der Waals surface area contributed by atoms with Gasteiger partial charge in [0.2, 0.25) is 0 Å². The van der Waals surface area contributed by atoms with Crippen molar-refractivity contribution in [3.63, 3.8) is 0 Å². The maximum absolute atomic E-state index is 13.0. The van der Waals surface area contributed by atoms with Crippen LogP contribution < -0.4 is 11.1 Å². The number of nitrogens with zero attached hydrogens (tertiary/aromatic N) is 1. The molecule has 0 aliphatic carbocycles. The summed E-state index contributed by atoms with van der Waals surface area (Å²) in [4.78, 5) is 14.9. The lowest BCUT2D eigenvalue weighted by Gasteiger charge is -2.08. The van der Waals surface area contributed by atoms with Gasteiger partial charge in [-0.2, -0.15) is 0 Å². The van der Waals surface area contributed by atoms with E-state index < -0.39 is 17.6 Å². The molecule has 110 valence electrons. The Kier molecular flexibility index (Phi) is 4.32. The van der Waals surface area contributed by atoms with E-state index in [1.54, 1.807) is 0 Å². The molecule has 0 amide bonds. The number of pyridine rings is 1. The number of aromatic nitrogens is 1. The highest BCUT2D eigenvalue weighted by Gasteiger charge is 2.09. The standard InChI is InChI=1S/C14H13F2N3O2/c15-9-3-8(4-10(16)5-9)1-2-18-13-6-11(14(20)21)12(17)7-19-13/h3-7H,1-2,17H2,(H,18,19)(H,20,21). The van der Waals surface area contributed by atoms with Gasteiger partial charge in [0.1, 0.15) is 17.5 Å². The fourth-order valence-corrected chi connectivity index (χ4v) is 1.84. The minimum Gasteiger partial charge on any atom is -0.478 e. The van der Waals surface area contributed by atoms with E-state index in [0.717, 1.165) is 6.07 Å². The van der Waals surface area contributed by atoms with E-state index in [-0.39, 0.29) is 11.3 Å². The molecule has 0 aliphatic heterocycles. The number of carboxylic acid groups (broad SMARTS) is 1. The summed E-state index contributed by atoms with van der Waals surface area (Å²) in [6, 6.07) is 4.59. The molecule has 0 bridgehead atoms. The molecule has 0 spiro atoms. The number of rotatable bonds is 5. The van der Waals surface area contributed by atoms with E-state index in [1.165, 1.54) is 24.4 Å². The predicted octanol–water partition coefficient (Wildman–Crippen LogP) is 2.29. The second-order valence-electron chi connectivity index (χ2n) is 4.42. The van der Waals surface area contributed by atoms with Crippen LogP contribution in [0.25, 0.3) is 0 Å². The summed E-state index contributed by atoms with van der Waals surface area (Å²) in [5.74, 6) is -2.09. The largest absolute Gasteiger partial charge is 0.478 e. The van der Waals surface area contributed by atoms with Crippen LogP contribution in [0.5, 0.6) is 0 Å². The fourth-order valence-electron chi connectivity index (χ4n) is 1.84. The van der Waals surface area contributed by atoms with Crippen LogP contribution in [-0.4, -0.2) is 22.6 Å². The van der Waals surface area contributed by atoms with Crippen molar-refractivity contribution >= 4 is 17.5 Å². The van der Waals surface area contributed by atoms with Crippen LogP contribution in [0, 0.1) is 11.6 Å². The minimum atomic E-state index is -1.15. The molecule has 0 saturated carbocycles. The molecule has 0 radical (unpaired) electrons. The van der Waals surface area contributed by atoms with Gasteiger partial charge >= 0.3 is 5.97 Å². The quantitative estimate of drug-likeness (QED) is 0.787. The Balaban J connectivity index is 2.00. The Morgan fingerprint density at radius 2 is 1.90 bits per heavy atom. The van der Waals surface area contributed by atoms with Crippen molar-refractivity contribution in [2.45, 2.75) is 6.42 Å². The summed E-state index contributed by atoms with van der Waals surface area (Å²) >= 11 is 0. The summed E-state index contributed by atoms with van der Waals surface area (Å²) in [7, 11) is 0. The molecule has 5 nitrogen and oxygen atoms in total. The topological polar surface area (TPSA) is 88.2 Å². The van der Waals surface area contributed by atoms with Gasteiger partial charge in [-0.1, -0.05) is 0 Å². The van der Waals surface area contributed by atoms with Crippen molar-refractivity contribution in [1.82, 2.24) is 4.98 Å². The zero-order valence-electron chi connectivity index (χ0n) is 10.9. The second kappa shape index (κ2) is 6.17. The van der Waals surface area contributed by atoms with Gasteiger partial charge in [-0.15, -0.1) is 0 Å². The lowest BCUT2D eigenvalue weighted by molar-refractivity contribution is 0.0698. The first kappa shape index (κ1) is 14.7. The Labute approximate surface area is 119 Å². The van der Waals surface area contributed by atoms with Gasteiger partial charge in [-0.05, 0) is 30.2 Å². The van der Waals surface area contributed by atoms with Crippen LogP contribution in [0.15, 0.2) is 30.5 Å². The molecule has 0 atom stereocenters. The SMILES string of the molecule is Nc1cnc(NCCc2cc(F)cc(F)c2)cc1C(=O)O. The maximum atomic E-state index is 13.0. The molecular formula is C14H13F2N3O2. The zero-order chi connectivity index (χ0) is 15.4. The third kappa shape index (κ3) is 3.88. The highest BCUT2D eigenvalue weighted by Crippen LogP contribution is 2.15. The number of carbonyl (C=O) groups is 1. The van der Waals surface area contributed by atoms with E-state index in [9.17, 15) is 13.6 Å². The molecular weight excluding hydrogens is 280 g/mol. The number of hydrogen-bond donors (Lipinski definition) is 3. The lowest BCUT2D eigenvalue weighted by atomic mass is 10.1. The molecule has 4 N–H and O–H groups in total.